The van der Waals surface area contributed by atoms with Crippen molar-refractivity contribution in [2.24, 2.45) is 0 Å². The average molecular weight is 441 g/mol. The number of ether oxygens (including phenoxy) is 1. The number of rotatable bonds is 2. The van der Waals surface area contributed by atoms with Gasteiger partial charge in [0.05, 0.1) is 22.5 Å². The number of amides is 3. The van der Waals surface area contributed by atoms with Gasteiger partial charge >= 0.3 is 12.2 Å². The third-order valence-electron chi connectivity index (χ3n) is 4.95. The molecule has 1 heterocycles. The lowest BCUT2D eigenvalue weighted by Gasteiger charge is -2.17. The normalized spacial score (nSPS) is 12.9. The Hall–Kier alpha value is -4.01. The van der Waals surface area contributed by atoms with Crippen LogP contribution in [0.4, 0.5) is 35.0 Å². The van der Waals surface area contributed by atoms with E-state index < -0.39 is 17.8 Å². The fraction of sp³-hybridized carbons (Fsp3) is 0.130. The summed E-state index contributed by atoms with van der Waals surface area (Å²) in [6.07, 6.45) is -4.62. The molecule has 0 bridgehead atoms. The number of carbonyl (C=O) groups excluding carboxylic acids is 2. The van der Waals surface area contributed by atoms with Crippen molar-refractivity contribution in [1.82, 2.24) is 0 Å². The third-order valence-corrected chi connectivity index (χ3v) is 4.95. The fourth-order valence-electron chi connectivity index (χ4n) is 3.37. The Morgan fingerprint density at radius 1 is 0.969 bits per heavy atom. The van der Waals surface area contributed by atoms with Gasteiger partial charge in [0.15, 0.2) is 5.75 Å². The molecule has 1 aliphatic rings. The summed E-state index contributed by atoms with van der Waals surface area (Å²) in [6.45, 7) is 1.90. The number of halogens is 3. The van der Waals surface area contributed by atoms with E-state index in [4.69, 9.17) is 4.74 Å². The number of alkyl halides is 3. The largest absolute Gasteiger partial charge is 0.454 e. The van der Waals surface area contributed by atoms with E-state index >= 15 is 0 Å². The zero-order chi connectivity index (χ0) is 23.0. The number of benzene rings is 3. The lowest BCUT2D eigenvalue weighted by atomic mass is 10.1. The summed E-state index contributed by atoms with van der Waals surface area (Å²) in [6, 6.07) is 13.7. The van der Waals surface area contributed by atoms with Crippen LogP contribution in [-0.2, 0) is 6.18 Å². The molecule has 0 unspecified atom stereocenters. The first-order chi connectivity index (χ1) is 15.1. The molecule has 0 aromatic heterocycles. The third kappa shape index (κ3) is 4.09. The second-order valence-electron chi connectivity index (χ2n) is 7.27. The van der Waals surface area contributed by atoms with Crippen LogP contribution in [0.3, 0.4) is 0 Å². The van der Waals surface area contributed by atoms with Crippen LogP contribution >= 0.6 is 0 Å². The van der Waals surface area contributed by atoms with Gasteiger partial charge in [-0.1, -0.05) is 18.2 Å². The minimum absolute atomic E-state index is 0.204. The Balaban J connectivity index is 1.58. The quantitative estimate of drug-likeness (QED) is 0.509. The predicted molar refractivity (Wildman–Crippen MR) is 115 cm³/mol. The highest BCUT2D eigenvalue weighted by Gasteiger charge is 2.33. The zero-order valence-corrected chi connectivity index (χ0v) is 17.1. The summed E-state index contributed by atoms with van der Waals surface area (Å²) in [5.74, 6) is 0.459. The first kappa shape index (κ1) is 21.2. The lowest BCUT2D eigenvalue weighted by molar-refractivity contribution is -0.136. The molecule has 0 aliphatic carbocycles. The molecule has 3 aromatic rings. The predicted octanol–water partition coefficient (Wildman–Crippen LogP) is 6.04. The SMILES string of the molecule is Cc1ccc2c(c1)N(C)C(=O)c1cc(NC(=O)Nc3ccccc3C(F)(F)F)ccc1O2. The van der Waals surface area contributed by atoms with E-state index in [0.29, 0.717) is 17.2 Å². The van der Waals surface area contributed by atoms with Gasteiger partial charge in [-0.25, -0.2) is 4.79 Å². The van der Waals surface area contributed by atoms with E-state index in [1.165, 1.54) is 35.2 Å². The first-order valence-corrected chi connectivity index (χ1v) is 9.58. The number of hydrogen-bond donors (Lipinski definition) is 2. The second kappa shape index (κ2) is 7.92. The Kier molecular flexibility index (Phi) is 5.25. The number of fused-ring (bicyclic) bond motifs is 2. The molecule has 0 saturated heterocycles. The monoisotopic (exact) mass is 441 g/mol. The van der Waals surface area contributed by atoms with Crippen molar-refractivity contribution < 1.29 is 27.5 Å². The van der Waals surface area contributed by atoms with Gasteiger partial charge < -0.3 is 20.3 Å². The van der Waals surface area contributed by atoms with E-state index in [2.05, 4.69) is 10.6 Å². The van der Waals surface area contributed by atoms with E-state index in [1.807, 2.05) is 19.1 Å². The highest BCUT2D eigenvalue weighted by molar-refractivity contribution is 6.10. The molecule has 32 heavy (non-hydrogen) atoms. The number of para-hydroxylation sites is 1. The lowest BCUT2D eigenvalue weighted by Crippen LogP contribution is -2.26. The molecular weight excluding hydrogens is 423 g/mol. The molecule has 4 rings (SSSR count). The first-order valence-electron chi connectivity index (χ1n) is 9.58. The van der Waals surface area contributed by atoms with Gasteiger partial charge in [-0.2, -0.15) is 13.2 Å². The van der Waals surface area contributed by atoms with Gasteiger partial charge in [0, 0.05) is 12.7 Å². The van der Waals surface area contributed by atoms with E-state index in [-0.39, 0.29) is 22.8 Å². The Morgan fingerprint density at radius 3 is 2.44 bits per heavy atom. The van der Waals surface area contributed by atoms with Crippen LogP contribution in [0.2, 0.25) is 0 Å². The van der Waals surface area contributed by atoms with E-state index in [9.17, 15) is 22.8 Å². The van der Waals surface area contributed by atoms with Crippen LogP contribution < -0.4 is 20.3 Å². The topological polar surface area (TPSA) is 70.7 Å². The van der Waals surface area contributed by atoms with Crippen molar-refractivity contribution in [2.45, 2.75) is 13.1 Å². The molecule has 164 valence electrons. The minimum atomic E-state index is -4.62. The van der Waals surface area contributed by atoms with Crippen LogP contribution in [0, 0.1) is 6.92 Å². The van der Waals surface area contributed by atoms with Gasteiger partial charge in [-0.05, 0) is 55.0 Å². The second-order valence-corrected chi connectivity index (χ2v) is 7.27. The van der Waals surface area contributed by atoms with Gasteiger partial charge in [0.1, 0.15) is 5.75 Å². The minimum Gasteiger partial charge on any atom is -0.454 e. The van der Waals surface area contributed by atoms with Crippen molar-refractivity contribution in [3.8, 4) is 11.5 Å². The number of nitrogens with zero attached hydrogens (tertiary/aromatic N) is 1. The highest BCUT2D eigenvalue weighted by Crippen LogP contribution is 2.39. The number of hydrogen-bond acceptors (Lipinski definition) is 3. The molecule has 0 saturated carbocycles. The number of carbonyl (C=O) groups is 2. The molecule has 0 radical (unpaired) electrons. The van der Waals surface area contributed by atoms with Crippen LogP contribution in [0.1, 0.15) is 21.5 Å². The van der Waals surface area contributed by atoms with Gasteiger partial charge in [-0.15, -0.1) is 0 Å². The molecule has 0 atom stereocenters. The summed E-state index contributed by atoms with van der Waals surface area (Å²) in [5.41, 5.74) is 0.638. The molecule has 0 spiro atoms. The molecule has 0 fully saturated rings. The zero-order valence-electron chi connectivity index (χ0n) is 17.1. The van der Waals surface area contributed by atoms with Gasteiger partial charge in [0.25, 0.3) is 5.91 Å². The Labute approximate surface area is 181 Å². The van der Waals surface area contributed by atoms with Gasteiger partial charge in [0.2, 0.25) is 0 Å². The average Bonchev–Trinajstić information content (AvgIpc) is 2.83. The van der Waals surface area contributed by atoms with Crippen molar-refractivity contribution in [2.75, 3.05) is 22.6 Å². The highest BCUT2D eigenvalue weighted by atomic mass is 19.4. The summed E-state index contributed by atoms with van der Waals surface area (Å²) in [4.78, 5) is 26.8. The van der Waals surface area contributed by atoms with Crippen LogP contribution in [0.15, 0.2) is 60.7 Å². The van der Waals surface area contributed by atoms with Crippen molar-refractivity contribution in [1.29, 1.82) is 0 Å². The summed E-state index contributed by atoms with van der Waals surface area (Å²) in [5, 5.41) is 4.66. The van der Waals surface area contributed by atoms with Crippen LogP contribution in [0.25, 0.3) is 0 Å². The number of anilines is 3. The molecule has 3 aromatic carbocycles. The maximum Gasteiger partial charge on any atom is 0.418 e. The number of urea groups is 1. The van der Waals surface area contributed by atoms with E-state index in [1.54, 1.807) is 13.1 Å². The van der Waals surface area contributed by atoms with Crippen molar-refractivity contribution in [3.05, 3.63) is 77.4 Å². The van der Waals surface area contributed by atoms with E-state index in [0.717, 1.165) is 17.7 Å². The smallest absolute Gasteiger partial charge is 0.418 e. The van der Waals surface area contributed by atoms with Crippen LogP contribution in [-0.4, -0.2) is 19.0 Å². The Bertz CT molecular complexity index is 1220. The van der Waals surface area contributed by atoms with Gasteiger partial charge in [-0.3, -0.25) is 4.79 Å². The fourth-order valence-corrected chi connectivity index (χ4v) is 3.37. The van der Waals surface area contributed by atoms with Crippen molar-refractivity contribution >= 4 is 29.0 Å². The number of nitrogens with one attached hydrogen (secondary N) is 2. The molecular formula is C23H18F3N3O3. The molecule has 2 N–H and O–H groups in total. The maximum absolute atomic E-state index is 13.1. The van der Waals surface area contributed by atoms with Crippen LogP contribution in [0.5, 0.6) is 11.5 Å². The summed E-state index contributed by atoms with van der Waals surface area (Å²) >= 11 is 0. The summed E-state index contributed by atoms with van der Waals surface area (Å²) in [7, 11) is 1.61. The molecule has 3 amide bonds. The standard InChI is InChI=1S/C23H18F3N3O3/c1-13-7-9-20-18(11-13)29(2)21(30)15-12-14(8-10-19(15)32-20)27-22(31)28-17-6-4-3-5-16(17)23(24,25)26/h3-12H,1-2H3,(H2,27,28,31). The Morgan fingerprint density at radius 2 is 1.69 bits per heavy atom. The number of aryl methyl sites for hydroxylation is 1. The maximum atomic E-state index is 13.1. The molecule has 6 nitrogen and oxygen atoms in total. The molecule has 1 aliphatic heterocycles. The van der Waals surface area contributed by atoms with Crippen molar-refractivity contribution in [3.63, 3.8) is 0 Å². The summed E-state index contributed by atoms with van der Waals surface area (Å²) < 4.78 is 45.3. The molecule has 9 heteroatoms.